The molecule has 0 aromatic rings. The number of likely N-dealkylation sites (tertiary alicyclic amines) is 1. The fourth-order valence-corrected chi connectivity index (χ4v) is 2.34. The number of hydrogen-bond acceptors (Lipinski definition) is 3. The lowest BCUT2D eigenvalue weighted by Gasteiger charge is -2.37. The summed E-state index contributed by atoms with van der Waals surface area (Å²) in [4.78, 5) is 25.3. The van der Waals surface area contributed by atoms with E-state index >= 15 is 0 Å². The second-order valence-corrected chi connectivity index (χ2v) is 5.47. The molecular weight excluding hydrogens is 244 g/mol. The van der Waals surface area contributed by atoms with Gasteiger partial charge in [0.05, 0.1) is 6.61 Å². The van der Waals surface area contributed by atoms with Crippen LogP contribution >= 0.6 is 0 Å². The normalized spacial score (nSPS) is 23.3. The number of rotatable bonds is 4. The molecule has 0 bridgehead atoms. The van der Waals surface area contributed by atoms with Crippen LogP contribution in [-0.2, 0) is 9.53 Å². The van der Waals surface area contributed by atoms with Crippen LogP contribution in [0.3, 0.4) is 0 Å². The first-order chi connectivity index (χ1) is 8.97. The first kappa shape index (κ1) is 15.8. The molecule has 5 nitrogen and oxygen atoms in total. The lowest BCUT2D eigenvalue weighted by molar-refractivity contribution is -0.125. The molecule has 2 amide bonds. The Balaban J connectivity index is 2.62. The molecule has 0 spiro atoms. The van der Waals surface area contributed by atoms with Crippen LogP contribution < -0.4 is 5.32 Å². The van der Waals surface area contributed by atoms with Crippen LogP contribution in [0.4, 0.5) is 4.79 Å². The zero-order valence-electron chi connectivity index (χ0n) is 12.4. The molecule has 5 heteroatoms. The standard InChI is InChI=1S/C14H26N2O3/c1-5-11-7-12(15-13(17)10(3)4)9-16(8-11)14(18)19-6-2/h10-12H,5-9H2,1-4H3,(H,15,17). The van der Waals surface area contributed by atoms with E-state index in [4.69, 9.17) is 4.74 Å². The molecule has 0 saturated carbocycles. The molecule has 0 aromatic heterocycles. The van der Waals surface area contributed by atoms with Crippen molar-refractivity contribution in [3.05, 3.63) is 0 Å². The van der Waals surface area contributed by atoms with Crippen LogP contribution in [0.1, 0.15) is 40.5 Å². The Hall–Kier alpha value is -1.26. The van der Waals surface area contributed by atoms with Gasteiger partial charge >= 0.3 is 6.09 Å². The zero-order chi connectivity index (χ0) is 14.4. The maximum atomic E-state index is 11.8. The molecule has 1 fully saturated rings. The molecule has 110 valence electrons. The van der Waals surface area contributed by atoms with Gasteiger partial charge in [-0.15, -0.1) is 0 Å². The molecule has 1 rings (SSSR count). The number of piperidine rings is 1. The summed E-state index contributed by atoms with van der Waals surface area (Å²) in [7, 11) is 0. The van der Waals surface area contributed by atoms with Crippen molar-refractivity contribution in [2.24, 2.45) is 11.8 Å². The molecule has 2 unspecified atom stereocenters. The topological polar surface area (TPSA) is 58.6 Å². The predicted molar refractivity (Wildman–Crippen MR) is 73.8 cm³/mol. The second-order valence-electron chi connectivity index (χ2n) is 5.47. The van der Waals surface area contributed by atoms with Crippen molar-refractivity contribution < 1.29 is 14.3 Å². The van der Waals surface area contributed by atoms with Crippen LogP contribution in [0, 0.1) is 11.8 Å². The number of nitrogens with one attached hydrogen (secondary N) is 1. The van der Waals surface area contributed by atoms with E-state index in [9.17, 15) is 9.59 Å². The van der Waals surface area contributed by atoms with Gasteiger partial charge in [-0.25, -0.2) is 4.79 Å². The minimum absolute atomic E-state index is 0.0296. The third-order valence-electron chi connectivity index (χ3n) is 3.51. The monoisotopic (exact) mass is 270 g/mol. The molecule has 0 aromatic carbocycles. The van der Waals surface area contributed by atoms with E-state index in [1.807, 2.05) is 13.8 Å². The Kier molecular flexibility index (Phi) is 6.12. The Morgan fingerprint density at radius 2 is 2.00 bits per heavy atom. The van der Waals surface area contributed by atoms with E-state index in [0.29, 0.717) is 19.1 Å². The van der Waals surface area contributed by atoms with Gasteiger partial charge in [0.25, 0.3) is 0 Å². The smallest absolute Gasteiger partial charge is 0.409 e. The van der Waals surface area contributed by atoms with E-state index in [2.05, 4.69) is 12.2 Å². The van der Waals surface area contributed by atoms with Crippen LogP contribution in [0.25, 0.3) is 0 Å². The maximum Gasteiger partial charge on any atom is 0.409 e. The third kappa shape index (κ3) is 4.73. The molecule has 0 aliphatic carbocycles. The Bertz CT molecular complexity index is 318. The number of carbonyl (C=O) groups is 2. The van der Waals surface area contributed by atoms with Crippen LogP contribution in [0.15, 0.2) is 0 Å². The average molecular weight is 270 g/mol. The molecule has 1 N–H and O–H groups in total. The molecule has 1 heterocycles. The van der Waals surface area contributed by atoms with Crippen molar-refractivity contribution >= 4 is 12.0 Å². The molecule has 1 saturated heterocycles. The highest BCUT2D eigenvalue weighted by molar-refractivity contribution is 5.78. The van der Waals surface area contributed by atoms with E-state index in [1.165, 1.54) is 0 Å². The predicted octanol–water partition coefficient (Wildman–Crippen LogP) is 2.02. The highest BCUT2D eigenvalue weighted by atomic mass is 16.6. The summed E-state index contributed by atoms with van der Waals surface area (Å²) < 4.78 is 5.05. The highest BCUT2D eigenvalue weighted by Gasteiger charge is 2.30. The molecule has 2 atom stereocenters. The van der Waals surface area contributed by atoms with Crippen molar-refractivity contribution in [1.82, 2.24) is 10.2 Å². The number of amides is 2. The summed E-state index contributed by atoms with van der Waals surface area (Å²) >= 11 is 0. The van der Waals surface area contributed by atoms with Crippen molar-refractivity contribution in [2.45, 2.75) is 46.6 Å². The SMILES string of the molecule is CCOC(=O)N1CC(CC)CC(NC(=O)C(C)C)C1. The summed E-state index contributed by atoms with van der Waals surface area (Å²) in [5.41, 5.74) is 0. The van der Waals surface area contributed by atoms with Gasteiger partial charge in [0, 0.05) is 25.0 Å². The molecular formula is C14H26N2O3. The number of carbonyl (C=O) groups excluding carboxylic acids is 2. The van der Waals surface area contributed by atoms with Crippen LogP contribution in [0.2, 0.25) is 0 Å². The quantitative estimate of drug-likeness (QED) is 0.850. The van der Waals surface area contributed by atoms with Gasteiger partial charge in [-0.3, -0.25) is 4.79 Å². The fourth-order valence-electron chi connectivity index (χ4n) is 2.34. The lowest BCUT2D eigenvalue weighted by Crippen LogP contribution is -2.53. The van der Waals surface area contributed by atoms with Crippen molar-refractivity contribution in [3.63, 3.8) is 0 Å². The minimum Gasteiger partial charge on any atom is -0.450 e. The summed E-state index contributed by atoms with van der Waals surface area (Å²) in [5.74, 6) is 0.444. The molecule has 0 radical (unpaired) electrons. The molecule has 1 aliphatic rings. The average Bonchev–Trinajstić information content (AvgIpc) is 2.38. The van der Waals surface area contributed by atoms with E-state index < -0.39 is 0 Å². The summed E-state index contributed by atoms with van der Waals surface area (Å²) in [6.07, 6.45) is 1.67. The Morgan fingerprint density at radius 1 is 1.32 bits per heavy atom. The number of nitrogens with zero attached hydrogens (tertiary/aromatic N) is 1. The maximum absolute atomic E-state index is 11.8. The summed E-state index contributed by atoms with van der Waals surface area (Å²) in [6, 6.07) is 0.0398. The Labute approximate surface area is 115 Å². The van der Waals surface area contributed by atoms with Gasteiger partial charge in [-0.1, -0.05) is 27.2 Å². The van der Waals surface area contributed by atoms with Gasteiger partial charge in [-0.2, -0.15) is 0 Å². The largest absolute Gasteiger partial charge is 0.450 e. The van der Waals surface area contributed by atoms with Gasteiger partial charge < -0.3 is 15.0 Å². The van der Waals surface area contributed by atoms with E-state index in [-0.39, 0.29) is 24.0 Å². The van der Waals surface area contributed by atoms with Gasteiger partial charge in [-0.05, 0) is 19.3 Å². The summed E-state index contributed by atoms with van der Waals surface area (Å²) in [5, 5.41) is 3.02. The second kappa shape index (κ2) is 7.36. The molecule has 19 heavy (non-hydrogen) atoms. The zero-order valence-corrected chi connectivity index (χ0v) is 12.4. The van der Waals surface area contributed by atoms with Gasteiger partial charge in [0.2, 0.25) is 5.91 Å². The summed E-state index contributed by atoms with van der Waals surface area (Å²) in [6.45, 7) is 9.32. The Morgan fingerprint density at radius 3 is 2.53 bits per heavy atom. The van der Waals surface area contributed by atoms with Gasteiger partial charge in [0.1, 0.15) is 0 Å². The van der Waals surface area contributed by atoms with Crippen LogP contribution in [-0.4, -0.2) is 42.6 Å². The molecule has 1 aliphatic heterocycles. The van der Waals surface area contributed by atoms with E-state index in [0.717, 1.165) is 19.4 Å². The minimum atomic E-state index is -0.274. The third-order valence-corrected chi connectivity index (χ3v) is 3.51. The van der Waals surface area contributed by atoms with E-state index in [1.54, 1.807) is 11.8 Å². The number of hydrogen-bond donors (Lipinski definition) is 1. The van der Waals surface area contributed by atoms with Crippen molar-refractivity contribution in [3.8, 4) is 0 Å². The van der Waals surface area contributed by atoms with Crippen LogP contribution in [0.5, 0.6) is 0 Å². The fraction of sp³-hybridized carbons (Fsp3) is 0.857. The number of ether oxygens (including phenoxy) is 1. The first-order valence-electron chi connectivity index (χ1n) is 7.19. The van der Waals surface area contributed by atoms with Gasteiger partial charge in [0.15, 0.2) is 0 Å². The highest BCUT2D eigenvalue weighted by Crippen LogP contribution is 2.20. The van der Waals surface area contributed by atoms with Crippen molar-refractivity contribution in [1.29, 1.82) is 0 Å². The lowest BCUT2D eigenvalue weighted by atomic mass is 9.92. The first-order valence-corrected chi connectivity index (χ1v) is 7.19. The van der Waals surface area contributed by atoms with Crippen molar-refractivity contribution in [2.75, 3.05) is 19.7 Å².